The number of amides is 1. The molecular formula is C19H26N4O2S. The number of piperidine rings is 1. The molecule has 2 aromatic rings. The second kappa shape index (κ2) is 9.66. The number of para-hydroxylation sites is 1. The maximum absolute atomic E-state index is 12.5. The smallest absolute Gasteiger partial charge is 0.272 e. The lowest BCUT2D eigenvalue weighted by atomic mass is 9.97. The van der Waals surface area contributed by atoms with Gasteiger partial charge in [-0.1, -0.05) is 18.2 Å². The van der Waals surface area contributed by atoms with Crippen molar-refractivity contribution < 1.29 is 9.53 Å². The Hall–Kier alpha value is -1.96. The quantitative estimate of drug-likeness (QED) is 0.744. The summed E-state index contributed by atoms with van der Waals surface area (Å²) >= 11 is 1.44. The number of methoxy groups -OCH3 is 1. The molecule has 6 nitrogen and oxygen atoms in total. The van der Waals surface area contributed by atoms with E-state index in [1.807, 2.05) is 30.3 Å². The Morgan fingerprint density at radius 2 is 2.08 bits per heavy atom. The zero-order valence-corrected chi connectivity index (χ0v) is 15.9. The van der Waals surface area contributed by atoms with Gasteiger partial charge in [0.05, 0.1) is 12.1 Å². The third-order valence-corrected chi connectivity index (χ3v) is 5.43. The van der Waals surface area contributed by atoms with Crippen LogP contribution in [0.3, 0.4) is 0 Å². The second-order valence-electron chi connectivity index (χ2n) is 6.51. The third kappa shape index (κ3) is 5.27. The standard InChI is InChI=1S/C19H26N4O2S/c1-25-12-11-23-9-7-15(8-10-23)13-20-18(24)17-19(26-14-21-17)22-16-5-3-2-4-6-16/h2-6,14-15,22H,7-13H2,1H3,(H,20,24). The number of rotatable bonds is 8. The van der Waals surface area contributed by atoms with Crippen LogP contribution in [0.4, 0.5) is 10.7 Å². The molecule has 0 saturated carbocycles. The predicted octanol–water partition coefficient (Wildman–Crippen LogP) is 2.97. The highest BCUT2D eigenvalue weighted by molar-refractivity contribution is 7.14. The van der Waals surface area contributed by atoms with Crippen LogP contribution in [-0.4, -0.2) is 55.7 Å². The first kappa shape index (κ1) is 18.8. The van der Waals surface area contributed by atoms with Crippen molar-refractivity contribution in [3.63, 3.8) is 0 Å². The Labute approximate surface area is 158 Å². The van der Waals surface area contributed by atoms with Gasteiger partial charge in [-0.05, 0) is 44.0 Å². The average molecular weight is 375 g/mol. The summed E-state index contributed by atoms with van der Waals surface area (Å²) in [4.78, 5) is 19.2. The van der Waals surface area contributed by atoms with Crippen molar-refractivity contribution in [1.29, 1.82) is 0 Å². The first-order valence-electron chi connectivity index (χ1n) is 9.01. The summed E-state index contributed by atoms with van der Waals surface area (Å²) < 4.78 is 5.13. The zero-order valence-electron chi connectivity index (χ0n) is 15.1. The molecule has 0 unspecified atom stereocenters. The van der Waals surface area contributed by atoms with E-state index < -0.39 is 0 Å². The molecule has 1 fully saturated rings. The topological polar surface area (TPSA) is 66.5 Å². The molecule has 0 radical (unpaired) electrons. The highest BCUT2D eigenvalue weighted by Crippen LogP contribution is 2.25. The summed E-state index contributed by atoms with van der Waals surface area (Å²) in [6.45, 7) is 4.62. The lowest BCUT2D eigenvalue weighted by Crippen LogP contribution is -2.40. The fourth-order valence-corrected chi connectivity index (χ4v) is 3.80. The van der Waals surface area contributed by atoms with Crippen LogP contribution in [0.5, 0.6) is 0 Å². The van der Waals surface area contributed by atoms with Crippen molar-refractivity contribution in [2.24, 2.45) is 5.92 Å². The van der Waals surface area contributed by atoms with Crippen LogP contribution in [0.15, 0.2) is 35.8 Å². The molecule has 140 valence electrons. The molecule has 0 atom stereocenters. The second-order valence-corrected chi connectivity index (χ2v) is 7.36. The average Bonchev–Trinajstić information content (AvgIpc) is 3.14. The van der Waals surface area contributed by atoms with E-state index in [1.165, 1.54) is 11.3 Å². The van der Waals surface area contributed by atoms with Crippen LogP contribution in [0.25, 0.3) is 0 Å². The SMILES string of the molecule is COCCN1CCC(CNC(=O)c2ncsc2Nc2ccccc2)CC1. The van der Waals surface area contributed by atoms with Gasteiger partial charge in [0, 0.05) is 25.9 Å². The number of thiazole rings is 1. The van der Waals surface area contributed by atoms with Gasteiger partial charge in [-0.3, -0.25) is 4.79 Å². The normalized spacial score (nSPS) is 15.7. The zero-order chi connectivity index (χ0) is 18.2. The van der Waals surface area contributed by atoms with Crippen LogP contribution in [-0.2, 0) is 4.74 Å². The molecule has 2 N–H and O–H groups in total. The third-order valence-electron chi connectivity index (χ3n) is 4.68. The van der Waals surface area contributed by atoms with E-state index in [9.17, 15) is 4.79 Å². The molecule has 0 aliphatic carbocycles. The van der Waals surface area contributed by atoms with Gasteiger partial charge in [-0.2, -0.15) is 0 Å². The Morgan fingerprint density at radius 3 is 2.81 bits per heavy atom. The first-order valence-corrected chi connectivity index (χ1v) is 9.89. The Balaban J connectivity index is 1.47. The van der Waals surface area contributed by atoms with E-state index >= 15 is 0 Å². The first-order chi connectivity index (χ1) is 12.8. The molecule has 2 heterocycles. The number of likely N-dealkylation sites (tertiary alicyclic amines) is 1. The molecule has 1 aromatic heterocycles. The molecular weight excluding hydrogens is 348 g/mol. The summed E-state index contributed by atoms with van der Waals surface area (Å²) in [7, 11) is 1.74. The molecule has 1 aliphatic rings. The Morgan fingerprint density at radius 1 is 1.31 bits per heavy atom. The number of benzene rings is 1. The van der Waals surface area contributed by atoms with Crippen molar-refractivity contribution in [1.82, 2.24) is 15.2 Å². The number of ether oxygens (including phenoxy) is 1. The van der Waals surface area contributed by atoms with Gasteiger partial charge >= 0.3 is 0 Å². The minimum atomic E-state index is -0.105. The minimum absolute atomic E-state index is 0.105. The van der Waals surface area contributed by atoms with Gasteiger partial charge < -0.3 is 20.3 Å². The molecule has 0 bridgehead atoms. The van der Waals surface area contributed by atoms with Crippen LogP contribution >= 0.6 is 11.3 Å². The summed E-state index contributed by atoms with van der Waals surface area (Å²) in [5.41, 5.74) is 3.12. The number of anilines is 2. The van der Waals surface area contributed by atoms with Gasteiger partial charge in [-0.25, -0.2) is 4.98 Å². The van der Waals surface area contributed by atoms with Crippen molar-refractivity contribution in [2.75, 3.05) is 45.2 Å². The maximum Gasteiger partial charge on any atom is 0.272 e. The number of carbonyl (C=O) groups excluding carboxylic acids is 1. The summed E-state index contributed by atoms with van der Waals surface area (Å²) in [6.07, 6.45) is 2.21. The number of aromatic nitrogens is 1. The number of hydrogen-bond donors (Lipinski definition) is 2. The Bertz CT molecular complexity index is 684. The van der Waals surface area contributed by atoms with Gasteiger partial charge in [-0.15, -0.1) is 11.3 Å². The maximum atomic E-state index is 12.5. The predicted molar refractivity (Wildman–Crippen MR) is 105 cm³/mol. The van der Waals surface area contributed by atoms with Crippen LogP contribution < -0.4 is 10.6 Å². The molecule has 26 heavy (non-hydrogen) atoms. The van der Waals surface area contributed by atoms with E-state index in [0.717, 1.165) is 49.8 Å². The summed E-state index contributed by atoms with van der Waals surface area (Å²) in [5, 5.41) is 7.12. The van der Waals surface area contributed by atoms with E-state index in [-0.39, 0.29) is 5.91 Å². The van der Waals surface area contributed by atoms with E-state index in [0.29, 0.717) is 18.2 Å². The monoisotopic (exact) mass is 374 g/mol. The summed E-state index contributed by atoms with van der Waals surface area (Å²) in [5.74, 6) is 0.424. The minimum Gasteiger partial charge on any atom is -0.383 e. The van der Waals surface area contributed by atoms with Crippen LogP contribution in [0.1, 0.15) is 23.3 Å². The molecule has 0 spiro atoms. The highest BCUT2D eigenvalue weighted by Gasteiger charge is 2.21. The Kier molecular flexibility index (Phi) is 6.99. The van der Waals surface area contributed by atoms with Crippen LogP contribution in [0.2, 0.25) is 0 Å². The van der Waals surface area contributed by atoms with E-state index in [2.05, 4.69) is 20.5 Å². The fourth-order valence-electron chi connectivity index (χ4n) is 3.10. The van der Waals surface area contributed by atoms with Crippen molar-refractivity contribution in [2.45, 2.75) is 12.8 Å². The highest BCUT2D eigenvalue weighted by atomic mass is 32.1. The number of carbonyl (C=O) groups is 1. The van der Waals surface area contributed by atoms with Gasteiger partial charge in [0.15, 0.2) is 5.69 Å². The number of nitrogens with zero attached hydrogens (tertiary/aromatic N) is 2. The lowest BCUT2D eigenvalue weighted by Gasteiger charge is -2.31. The molecule has 1 amide bonds. The number of nitrogens with one attached hydrogen (secondary N) is 2. The molecule has 1 aromatic carbocycles. The van der Waals surface area contributed by atoms with Crippen molar-refractivity contribution in [3.8, 4) is 0 Å². The van der Waals surface area contributed by atoms with Gasteiger partial charge in [0.25, 0.3) is 5.91 Å². The fraction of sp³-hybridized carbons (Fsp3) is 0.474. The largest absolute Gasteiger partial charge is 0.383 e. The number of hydrogen-bond acceptors (Lipinski definition) is 6. The van der Waals surface area contributed by atoms with E-state index in [4.69, 9.17) is 4.74 Å². The molecule has 1 aliphatic heterocycles. The molecule has 7 heteroatoms. The summed E-state index contributed by atoms with van der Waals surface area (Å²) in [6, 6.07) is 9.83. The van der Waals surface area contributed by atoms with Crippen LogP contribution in [0, 0.1) is 5.92 Å². The molecule has 1 saturated heterocycles. The van der Waals surface area contributed by atoms with E-state index in [1.54, 1.807) is 12.6 Å². The lowest BCUT2D eigenvalue weighted by molar-refractivity contribution is 0.0922. The molecule has 3 rings (SSSR count). The van der Waals surface area contributed by atoms with Gasteiger partial charge in [0.2, 0.25) is 0 Å². The van der Waals surface area contributed by atoms with Crippen molar-refractivity contribution in [3.05, 3.63) is 41.5 Å². The van der Waals surface area contributed by atoms with Crippen molar-refractivity contribution >= 4 is 27.9 Å². The van der Waals surface area contributed by atoms with Gasteiger partial charge in [0.1, 0.15) is 5.00 Å².